The molecule has 5 rings (SSSR count). The van der Waals surface area contributed by atoms with Crippen LogP contribution in [0.4, 0.5) is 0 Å². The van der Waals surface area contributed by atoms with E-state index < -0.39 is 0 Å². The Morgan fingerprint density at radius 3 is 2.74 bits per heavy atom. The number of halogens is 1. The summed E-state index contributed by atoms with van der Waals surface area (Å²) in [7, 11) is 0. The molecular weight excluding hydrogens is 450 g/mol. The molecule has 0 spiro atoms. The van der Waals surface area contributed by atoms with Gasteiger partial charge in [-0.1, -0.05) is 32.1 Å². The minimum Gasteiger partial charge on any atom is -0.493 e. The maximum absolute atomic E-state index is 9.54. The van der Waals surface area contributed by atoms with Crippen LogP contribution in [0.25, 0.3) is 22.4 Å². The number of nitrogens with zero attached hydrogens (tertiary/aromatic N) is 5. The van der Waals surface area contributed by atoms with E-state index in [1.54, 1.807) is 6.33 Å². The minimum atomic E-state index is 0. The summed E-state index contributed by atoms with van der Waals surface area (Å²) in [6.45, 7) is 5.16. The number of benzene rings is 1. The smallest absolute Gasteiger partial charge is 0.234 e. The van der Waals surface area contributed by atoms with Crippen LogP contribution in [0.3, 0.4) is 0 Å². The van der Waals surface area contributed by atoms with Gasteiger partial charge in [-0.25, -0.2) is 9.97 Å². The number of hydrogen-bond acceptors (Lipinski definition) is 6. The van der Waals surface area contributed by atoms with E-state index >= 15 is 0 Å². The van der Waals surface area contributed by atoms with Crippen molar-refractivity contribution >= 4 is 23.6 Å². The van der Waals surface area contributed by atoms with Crippen LogP contribution in [-0.2, 0) is 11.3 Å². The number of aryl methyl sites for hydroxylation is 1. The summed E-state index contributed by atoms with van der Waals surface area (Å²) in [5.74, 6) is 2.32. The van der Waals surface area contributed by atoms with Gasteiger partial charge >= 0.3 is 0 Å². The molecule has 1 saturated carbocycles. The third-order valence-corrected chi connectivity index (χ3v) is 7.00. The van der Waals surface area contributed by atoms with Crippen molar-refractivity contribution in [1.29, 1.82) is 5.26 Å². The molecule has 1 atom stereocenters. The fraction of sp³-hybridized carbons (Fsp3) is 0.538. The Morgan fingerprint density at radius 1 is 1.15 bits per heavy atom. The van der Waals surface area contributed by atoms with Crippen molar-refractivity contribution in [3.63, 3.8) is 0 Å². The third kappa shape index (κ3) is 5.34. The van der Waals surface area contributed by atoms with E-state index in [4.69, 9.17) is 9.47 Å². The van der Waals surface area contributed by atoms with Crippen molar-refractivity contribution in [1.82, 2.24) is 19.5 Å². The highest BCUT2D eigenvalue weighted by Gasteiger charge is 2.20. The highest BCUT2D eigenvalue weighted by Crippen LogP contribution is 2.31. The van der Waals surface area contributed by atoms with Gasteiger partial charge in [-0.3, -0.25) is 0 Å². The average Bonchev–Trinajstić information content (AvgIpc) is 3.51. The van der Waals surface area contributed by atoms with E-state index in [0.717, 1.165) is 67.5 Å². The molecule has 8 heteroatoms. The lowest BCUT2D eigenvalue weighted by Gasteiger charge is -2.21. The first-order valence-electron chi connectivity index (χ1n) is 12.2. The maximum Gasteiger partial charge on any atom is 0.234 e. The monoisotopic (exact) mass is 481 g/mol. The van der Waals surface area contributed by atoms with Crippen molar-refractivity contribution in [2.75, 3.05) is 19.8 Å². The zero-order valence-corrected chi connectivity index (χ0v) is 20.5. The number of imidazole rings is 1. The second kappa shape index (κ2) is 11.2. The molecule has 3 heterocycles. The van der Waals surface area contributed by atoms with Crippen LogP contribution in [0.15, 0.2) is 24.5 Å². The first-order chi connectivity index (χ1) is 16.2. The maximum atomic E-state index is 9.54. The SMILES string of the molecule is Cc1cc(-c2nc(C#N)nc3c2ncn3CC2CCOC2)ccc1OCCC1CCCCC1.Cl. The van der Waals surface area contributed by atoms with Gasteiger partial charge in [0, 0.05) is 24.6 Å². The molecule has 0 bridgehead atoms. The fourth-order valence-electron chi connectivity index (χ4n) is 5.10. The molecule has 1 aromatic carbocycles. The predicted molar refractivity (Wildman–Crippen MR) is 133 cm³/mol. The summed E-state index contributed by atoms with van der Waals surface area (Å²) in [5.41, 5.74) is 4.09. The first-order valence-corrected chi connectivity index (χ1v) is 12.2. The number of nitriles is 1. The zero-order valence-electron chi connectivity index (χ0n) is 19.7. The van der Waals surface area contributed by atoms with Crippen LogP contribution in [0.2, 0.25) is 0 Å². The third-order valence-electron chi connectivity index (χ3n) is 7.00. The predicted octanol–water partition coefficient (Wildman–Crippen LogP) is 5.48. The van der Waals surface area contributed by atoms with Crippen LogP contribution in [0.5, 0.6) is 5.75 Å². The van der Waals surface area contributed by atoms with Crippen molar-refractivity contribution in [2.45, 2.75) is 58.4 Å². The molecule has 180 valence electrons. The topological polar surface area (TPSA) is 85.9 Å². The van der Waals surface area contributed by atoms with Crippen molar-refractivity contribution < 1.29 is 9.47 Å². The standard InChI is InChI=1S/C26H31N5O2.ClH/c1-18-13-21(7-8-22(18)33-12-10-19-5-3-2-4-6-19)24-25-26(30-23(14-27)29-24)31(17-28-25)15-20-9-11-32-16-20;/h7-8,13,17,19-20H,2-6,9-12,15-16H2,1H3;1H. The van der Waals surface area contributed by atoms with Gasteiger partial charge in [0.15, 0.2) is 5.65 Å². The van der Waals surface area contributed by atoms with Crippen molar-refractivity contribution in [3.8, 4) is 23.1 Å². The van der Waals surface area contributed by atoms with Gasteiger partial charge in [0.25, 0.3) is 0 Å². The Labute approximate surface area is 206 Å². The molecule has 2 aromatic heterocycles. The van der Waals surface area contributed by atoms with Gasteiger partial charge in [0.05, 0.1) is 19.5 Å². The molecule has 2 fully saturated rings. The van der Waals surface area contributed by atoms with E-state index in [9.17, 15) is 5.26 Å². The molecule has 3 aromatic rings. The summed E-state index contributed by atoms with van der Waals surface area (Å²) in [6, 6.07) is 8.21. The molecule has 1 unspecified atom stereocenters. The summed E-state index contributed by atoms with van der Waals surface area (Å²) >= 11 is 0. The van der Waals surface area contributed by atoms with Gasteiger partial charge < -0.3 is 14.0 Å². The van der Waals surface area contributed by atoms with E-state index in [1.165, 1.54) is 32.1 Å². The lowest BCUT2D eigenvalue weighted by Crippen LogP contribution is -2.11. The summed E-state index contributed by atoms with van der Waals surface area (Å²) in [4.78, 5) is 13.6. The van der Waals surface area contributed by atoms with Gasteiger partial charge in [-0.2, -0.15) is 10.2 Å². The number of hydrogen-bond donors (Lipinski definition) is 0. The van der Waals surface area contributed by atoms with Crippen LogP contribution in [-0.4, -0.2) is 39.3 Å². The lowest BCUT2D eigenvalue weighted by molar-refractivity contribution is 0.182. The highest BCUT2D eigenvalue weighted by atomic mass is 35.5. The van der Waals surface area contributed by atoms with E-state index in [0.29, 0.717) is 17.3 Å². The Bertz CT molecular complexity index is 1160. The van der Waals surface area contributed by atoms with Gasteiger partial charge in [0.2, 0.25) is 5.82 Å². The Hall–Kier alpha value is -2.69. The van der Waals surface area contributed by atoms with Crippen molar-refractivity contribution in [3.05, 3.63) is 35.9 Å². The minimum absolute atomic E-state index is 0. The number of aromatic nitrogens is 4. The molecule has 1 aliphatic heterocycles. The van der Waals surface area contributed by atoms with Gasteiger partial charge in [-0.05, 0) is 49.4 Å². The summed E-state index contributed by atoms with van der Waals surface area (Å²) < 4.78 is 13.7. The molecular formula is C26H32ClN5O2. The summed E-state index contributed by atoms with van der Waals surface area (Å²) in [5, 5.41) is 9.54. The van der Waals surface area contributed by atoms with Crippen LogP contribution in [0.1, 0.15) is 56.3 Å². The number of fused-ring (bicyclic) bond motifs is 1. The number of rotatable bonds is 7. The highest BCUT2D eigenvalue weighted by molar-refractivity contribution is 5.88. The quantitative estimate of drug-likeness (QED) is 0.444. The molecule has 0 N–H and O–H groups in total. The molecule has 0 amide bonds. The molecule has 7 nitrogen and oxygen atoms in total. The molecule has 1 aliphatic carbocycles. The van der Waals surface area contributed by atoms with Crippen LogP contribution < -0.4 is 4.74 Å². The second-order valence-electron chi connectivity index (χ2n) is 9.43. The molecule has 34 heavy (non-hydrogen) atoms. The van der Waals surface area contributed by atoms with Gasteiger partial charge in [-0.15, -0.1) is 12.4 Å². The fourth-order valence-corrected chi connectivity index (χ4v) is 5.10. The second-order valence-corrected chi connectivity index (χ2v) is 9.43. The Morgan fingerprint density at radius 2 is 2.00 bits per heavy atom. The Balaban J connectivity index is 0.00000274. The summed E-state index contributed by atoms with van der Waals surface area (Å²) in [6.07, 6.45) is 10.8. The largest absolute Gasteiger partial charge is 0.493 e. The molecule has 0 radical (unpaired) electrons. The van der Waals surface area contributed by atoms with Crippen molar-refractivity contribution in [2.24, 2.45) is 11.8 Å². The lowest BCUT2D eigenvalue weighted by atomic mass is 9.87. The van der Waals surface area contributed by atoms with Crippen LogP contribution in [0, 0.1) is 30.1 Å². The normalized spacial score (nSPS) is 18.5. The first kappa shape index (κ1) is 24.4. The Kier molecular flexibility index (Phi) is 8.02. The molecule has 2 aliphatic rings. The molecule has 1 saturated heterocycles. The average molecular weight is 482 g/mol. The zero-order chi connectivity index (χ0) is 22.6. The van der Waals surface area contributed by atoms with Crippen LogP contribution >= 0.6 is 12.4 Å². The number of ether oxygens (including phenoxy) is 2. The van der Waals surface area contributed by atoms with E-state index in [1.807, 2.05) is 16.7 Å². The van der Waals surface area contributed by atoms with E-state index in [2.05, 4.69) is 34.0 Å². The van der Waals surface area contributed by atoms with E-state index in [-0.39, 0.29) is 18.2 Å². The van der Waals surface area contributed by atoms with Gasteiger partial charge in [0.1, 0.15) is 23.0 Å².